The molecule has 3 aromatic rings. The van der Waals surface area contributed by atoms with E-state index in [1.165, 1.54) is 17.0 Å². The van der Waals surface area contributed by atoms with Gasteiger partial charge in [0.1, 0.15) is 17.2 Å². The highest BCUT2D eigenvalue weighted by atomic mass is 32.1. The van der Waals surface area contributed by atoms with E-state index in [1.54, 1.807) is 42.5 Å². The van der Waals surface area contributed by atoms with E-state index in [9.17, 15) is 14.9 Å². The van der Waals surface area contributed by atoms with Crippen LogP contribution in [0.1, 0.15) is 5.76 Å². The summed E-state index contributed by atoms with van der Waals surface area (Å²) in [6.07, 6.45) is 1.52. The molecule has 138 valence electrons. The Morgan fingerprint density at radius 1 is 1.04 bits per heavy atom. The van der Waals surface area contributed by atoms with Crippen LogP contribution in [-0.4, -0.2) is 15.9 Å². The maximum absolute atomic E-state index is 12.7. The van der Waals surface area contributed by atoms with Crippen LogP contribution in [0, 0.1) is 10.1 Å². The number of furan rings is 1. The second-order valence-corrected chi connectivity index (χ2v) is 6.33. The molecule has 4 rings (SSSR count). The summed E-state index contributed by atoms with van der Waals surface area (Å²) in [5, 5.41) is 14.4. The van der Waals surface area contributed by atoms with E-state index < -0.39 is 4.92 Å². The standard InChI is InChI=1S/C20H13N3O4S/c24-19-16(21-20(28)22(19)13-6-2-1-3-7-13)12-14-10-11-18(27-14)15-8-4-5-9-17(15)23(25)26/h1-12H,(H,21,28)/b16-12-. The van der Waals surface area contributed by atoms with Crippen molar-refractivity contribution < 1.29 is 14.1 Å². The lowest BCUT2D eigenvalue weighted by atomic mass is 10.1. The highest BCUT2D eigenvalue weighted by Crippen LogP contribution is 2.31. The van der Waals surface area contributed by atoms with Gasteiger partial charge in [-0.05, 0) is 42.5 Å². The Morgan fingerprint density at radius 2 is 1.75 bits per heavy atom. The van der Waals surface area contributed by atoms with Crippen molar-refractivity contribution in [3.8, 4) is 11.3 Å². The molecule has 2 heterocycles. The predicted molar refractivity (Wildman–Crippen MR) is 108 cm³/mol. The van der Waals surface area contributed by atoms with Crippen molar-refractivity contribution in [2.75, 3.05) is 4.90 Å². The quantitative estimate of drug-likeness (QED) is 0.312. The zero-order valence-corrected chi connectivity index (χ0v) is 15.2. The Labute approximate surface area is 165 Å². The van der Waals surface area contributed by atoms with Gasteiger partial charge in [0.15, 0.2) is 5.11 Å². The first-order valence-corrected chi connectivity index (χ1v) is 8.71. The minimum Gasteiger partial charge on any atom is -0.456 e. The number of nitro groups is 1. The van der Waals surface area contributed by atoms with Gasteiger partial charge >= 0.3 is 0 Å². The molecule has 1 aromatic heterocycles. The van der Waals surface area contributed by atoms with E-state index in [0.29, 0.717) is 22.8 Å². The third-order valence-corrected chi connectivity index (χ3v) is 4.46. The Morgan fingerprint density at radius 3 is 2.50 bits per heavy atom. The molecule has 0 radical (unpaired) electrons. The number of benzene rings is 2. The van der Waals surface area contributed by atoms with Crippen LogP contribution in [0.5, 0.6) is 0 Å². The largest absolute Gasteiger partial charge is 0.456 e. The van der Waals surface area contributed by atoms with Gasteiger partial charge in [-0.1, -0.05) is 30.3 Å². The van der Waals surface area contributed by atoms with Crippen molar-refractivity contribution in [3.63, 3.8) is 0 Å². The van der Waals surface area contributed by atoms with E-state index in [1.807, 2.05) is 18.2 Å². The van der Waals surface area contributed by atoms with Gasteiger partial charge < -0.3 is 9.73 Å². The van der Waals surface area contributed by atoms with Crippen LogP contribution in [0.15, 0.2) is 76.8 Å². The molecular weight excluding hydrogens is 378 g/mol. The average molecular weight is 391 g/mol. The van der Waals surface area contributed by atoms with Gasteiger partial charge in [-0.25, -0.2) is 0 Å². The number of rotatable bonds is 4. The maximum atomic E-state index is 12.7. The number of para-hydroxylation sites is 2. The molecular formula is C20H13N3O4S. The zero-order chi connectivity index (χ0) is 19.7. The first-order chi connectivity index (χ1) is 13.5. The highest BCUT2D eigenvalue weighted by Gasteiger charge is 2.32. The number of thiocarbonyl (C=S) groups is 1. The van der Waals surface area contributed by atoms with Crippen LogP contribution < -0.4 is 10.2 Å². The second kappa shape index (κ2) is 7.09. The van der Waals surface area contributed by atoms with Crippen LogP contribution in [0.25, 0.3) is 17.4 Å². The Balaban J connectivity index is 1.64. The molecule has 8 heteroatoms. The Kier molecular flexibility index (Phi) is 4.46. The molecule has 0 aliphatic carbocycles. The SMILES string of the molecule is O=C1/C(=C/c2ccc(-c3ccccc3[N+](=O)[O-])o2)NC(=S)N1c1ccccc1. The van der Waals surface area contributed by atoms with E-state index >= 15 is 0 Å². The van der Waals surface area contributed by atoms with Crippen molar-refractivity contribution in [1.29, 1.82) is 0 Å². The molecule has 1 fully saturated rings. The van der Waals surface area contributed by atoms with Gasteiger partial charge in [0.05, 0.1) is 16.2 Å². The fourth-order valence-corrected chi connectivity index (χ4v) is 3.20. The molecule has 1 aliphatic rings. The number of carbonyl (C=O) groups is 1. The monoisotopic (exact) mass is 391 g/mol. The van der Waals surface area contributed by atoms with Gasteiger partial charge in [-0.3, -0.25) is 19.8 Å². The summed E-state index contributed by atoms with van der Waals surface area (Å²) in [5.74, 6) is 0.411. The normalized spacial score (nSPS) is 15.1. The van der Waals surface area contributed by atoms with E-state index in [4.69, 9.17) is 16.6 Å². The van der Waals surface area contributed by atoms with E-state index in [-0.39, 0.29) is 22.4 Å². The van der Waals surface area contributed by atoms with Gasteiger partial charge in [0.25, 0.3) is 11.6 Å². The summed E-state index contributed by atoms with van der Waals surface area (Å²) in [5.41, 5.74) is 1.23. The van der Waals surface area contributed by atoms with Crippen LogP contribution >= 0.6 is 12.2 Å². The number of amides is 1. The molecule has 0 saturated carbocycles. The molecule has 28 heavy (non-hydrogen) atoms. The van der Waals surface area contributed by atoms with Crippen LogP contribution in [0.4, 0.5) is 11.4 Å². The fourth-order valence-electron chi connectivity index (χ4n) is 2.91. The molecule has 1 aliphatic heterocycles. The third kappa shape index (κ3) is 3.17. The van der Waals surface area contributed by atoms with Crippen molar-refractivity contribution >= 4 is 40.7 Å². The lowest BCUT2D eigenvalue weighted by Crippen LogP contribution is -2.30. The van der Waals surface area contributed by atoms with Crippen molar-refractivity contribution in [2.24, 2.45) is 0 Å². The maximum Gasteiger partial charge on any atom is 0.281 e. The van der Waals surface area contributed by atoms with Crippen molar-refractivity contribution in [1.82, 2.24) is 5.32 Å². The first kappa shape index (κ1) is 17.6. The van der Waals surface area contributed by atoms with Crippen LogP contribution in [0.3, 0.4) is 0 Å². The molecule has 0 atom stereocenters. The summed E-state index contributed by atoms with van der Waals surface area (Å²) in [4.78, 5) is 24.9. The number of nitro benzene ring substituents is 1. The smallest absolute Gasteiger partial charge is 0.281 e. The lowest BCUT2D eigenvalue weighted by molar-refractivity contribution is -0.384. The molecule has 1 saturated heterocycles. The molecule has 0 unspecified atom stereocenters. The first-order valence-electron chi connectivity index (χ1n) is 8.30. The number of nitrogens with one attached hydrogen (secondary N) is 1. The highest BCUT2D eigenvalue weighted by molar-refractivity contribution is 7.80. The lowest BCUT2D eigenvalue weighted by Gasteiger charge is -2.13. The Hall–Kier alpha value is -3.78. The van der Waals surface area contributed by atoms with Crippen LogP contribution in [0.2, 0.25) is 0 Å². The summed E-state index contributed by atoms with van der Waals surface area (Å²) < 4.78 is 5.71. The Bertz CT molecular complexity index is 1120. The summed E-state index contributed by atoms with van der Waals surface area (Å²) in [6.45, 7) is 0. The number of nitrogens with zero attached hydrogens (tertiary/aromatic N) is 2. The average Bonchev–Trinajstić information content (AvgIpc) is 3.27. The number of hydrogen-bond acceptors (Lipinski definition) is 5. The second-order valence-electron chi connectivity index (χ2n) is 5.94. The summed E-state index contributed by atoms with van der Waals surface area (Å²) >= 11 is 5.27. The predicted octanol–water partition coefficient (Wildman–Crippen LogP) is 4.12. The topological polar surface area (TPSA) is 88.6 Å². The summed E-state index contributed by atoms with van der Waals surface area (Å²) in [6, 6.07) is 18.6. The number of carbonyl (C=O) groups excluding carboxylic acids is 1. The minimum absolute atomic E-state index is 0.0532. The molecule has 0 bridgehead atoms. The third-order valence-electron chi connectivity index (χ3n) is 4.17. The number of anilines is 1. The van der Waals surface area contributed by atoms with Crippen molar-refractivity contribution in [3.05, 3.63) is 88.3 Å². The molecule has 7 nitrogen and oxygen atoms in total. The zero-order valence-electron chi connectivity index (χ0n) is 14.4. The van der Waals surface area contributed by atoms with Crippen LogP contribution in [-0.2, 0) is 4.79 Å². The van der Waals surface area contributed by atoms with Gasteiger partial charge in [0, 0.05) is 12.1 Å². The molecule has 1 amide bonds. The van der Waals surface area contributed by atoms with E-state index in [0.717, 1.165) is 0 Å². The van der Waals surface area contributed by atoms with Crippen molar-refractivity contribution in [2.45, 2.75) is 0 Å². The molecule has 2 aromatic carbocycles. The number of hydrogen-bond donors (Lipinski definition) is 1. The minimum atomic E-state index is -0.464. The molecule has 0 spiro atoms. The summed E-state index contributed by atoms with van der Waals surface area (Å²) in [7, 11) is 0. The van der Waals surface area contributed by atoms with Gasteiger partial charge in [0.2, 0.25) is 0 Å². The molecule has 1 N–H and O–H groups in total. The van der Waals surface area contributed by atoms with Gasteiger partial charge in [-0.2, -0.15) is 0 Å². The van der Waals surface area contributed by atoms with E-state index in [2.05, 4.69) is 5.32 Å². The fraction of sp³-hybridized carbons (Fsp3) is 0. The van der Waals surface area contributed by atoms with Gasteiger partial charge in [-0.15, -0.1) is 0 Å².